The molecule has 0 saturated carbocycles. The Labute approximate surface area is 159 Å². The third-order valence-corrected chi connectivity index (χ3v) is 4.67. The molecule has 2 N–H and O–H groups in total. The quantitative estimate of drug-likeness (QED) is 0.717. The number of benzene rings is 1. The number of carbonyl (C=O) groups is 2. The molecule has 2 saturated heterocycles. The molecule has 3 rings (SSSR count). The molecule has 0 radical (unpaired) electrons. The Morgan fingerprint density at radius 3 is 2.93 bits per heavy atom. The number of rotatable bonds is 7. The molecular weight excluding hydrogens is 348 g/mol. The first-order valence-electron chi connectivity index (χ1n) is 9.36. The van der Waals surface area contributed by atoms with Crippen LogP contribution in [0.25, 0.3) is 0 Å². The van der Waals surface area contributed by atoms with E-state index in [1.165, 1.54) is 0 Å². The second-order valence-electron chi connectivity index (χ2n) is 6.73. The second kappa shape index (κ2) is 8.90. The molecule has 2 fully saturated rings. The van der Waals surface area contributed by atoms with E-state index in [1.54, 1.807) is 0 Å². The number of esters is 1. The van der Waals surface area contributed by atoms with Crippen LogP contribution in [0.2, 0.25) is 0 Å². The molecular formula is C20H26N2O5. The molecule has 1 aromatic carbocycles. The summed E-state index contributed by atoms with van der Waals surface area (Å²) in [6.45, 7) is 7.33. The van der Waals surface area contributed by atoms with Crippen molar-refractivity contribution in [1.29, 1.82) is 0 Å². The first-order valence-corrected chi connectivity index (χ1v) is 9.36. The molecule has 2 heterocycles. The van der Waals surface area contributed by atoms with Crippen molar-refractivity contribution in [2.75, 3.05) is 19.8 Å². The van der Waals surface area contributed by atoms with E-state index in [-0.39, 0.29) is 12.7 Å². The van der Waals surface area contributed by atoms with Gasteiger partial charge in [-0.25, -0.2) is 4.79 Å². The van der Waals surface area contributed by atoms with Crippen molar-refractivity contribution < 1.29 is 23.8 Å². The number of hydrogen-bond donors (Lipinski definition) is 2. The van der Waals surface area contributed by atoms with Gasteiger partial charge in [-0.2, -0.15) is 0 Å². The zero-order valence-electron chi connectivity index (χ0n) is 15.5. The molecule has 7 nitrogen and oxygen atoms in total. The van der Waals surface area contributed by atoms with Gasteiger partial charge in [0.25, 0.3) is 0 Å². The molecule has 2 aliphatic heterocycles. The number of carbonyl (C=O) groups excluding carboxylic acids is 2. The molecule has 7 heteroatoms. The zero-order valence-corrected chi connectivity index (χ0v) is 15.5. The average Bonchev–Trinajstić information content (AvgIpc) is 3.17. The maximum atomic E-state index is 12.8. The minimum atomic E-state index is -0.754. The smallest absolute Gasteiger partial charge is 0.319 e. The van der Waals surface area contributed by atoms with Crippen LogP contribution in [-0.2, 0) is 14.3 Å². The minimum Gasteiger partial charge on any atom is -0.493 e. The number of hydrogen-bond acceptors (Lipinski definition) is 5. The van der Waals surface area contributed by atoms with E-state index in [4.69, 9.17) is 14.2 Å². The molecule has 2 amide bonds. The highest BCUT2D eigenvalue weighted by Gasteiger charge is 2.40. The van der Waals surface area contributed by atoms with Crippen molar-refractivity contribution in [3.63, 3.8) is 0 Å². The molecule has 2 aliphatic rings. The molecule has 3 atom stereocenters. The topological polar surface area (TPSA) is 85.9 Å². The van der Waals surface area contributed by atoms with Gasteiger partial charge in [0.1, 0.15) is 18.3 Å². The largest absolute Gasteiger partial charge is 0.493 e. The maximum absolute atomic E-state index is 12.8. The van der Waals surface area contributed by atoms with Crippen molar-refractivity contribution in [2.45, 2.75) is 38.3 Å². The van der Waals surface area contributed by atoms with E-state index >= 15 is 0 Å². The summed E-state index contributed by atoms with van der Waals surface area (Å²) in [6.07, 6.45) is 2.64. The second-order valence-corrected chi connectivity index (χ2v) is 6.73. The van der Waals surface area contributed by atoms with Gasteiger partial charge in [-0.3, -0.25) is 4.79 Å². The third-order valence-electron chi connectivity index (χ3n) is 4.67. The standard InChI is InChI=1S/C20H26N2O5/c1-3-10-26-16-9-5-4-8-15(16)18-17(13(2)21-20(24)22-18)19(23)27-12-14-7-6-11-25-14/h4-5,8-9,14,17-18H,2-3,6-7,10-12H2,1H3,(H2,21,22,24)/t14-,17-,18+/m0/s1. The van der Waals surface area contributed by atoms with Crippen LogP contribution in [0.5, 0.6) is 5.75 Å². The Morgan fingerprint density at radius 2 is 2.19 bits per heavy atom. The fourth-order valence-corrected chi connectivity index (χ4v) is 3.34. The number of urea groups is 1. The van der Waals surface area contributed by atoms with E-state index in [2.05, 4.69) is 17.2 Å². The molecule has 146 valence electrons. The lowest BCUT2D eigenvalue weighted by atomic mass is 9.88. The SMILES string of the molecule is C=C1NC(=O)N[C@H](c2ccccc2OCCC)[C@H]1C(=O)OC[C@@H]1CCCO1. The highest BCUT2D eigenvalue weighted by molar-refractivity contribution is 5.85. The zero-order chi connectivity index (χ0) is 19.2. The van der Waals surface area contributed by atoms with Crippen LogP contribution in [0.4, 0.5) is 4.79 Å². The predicted octanol–water partition coefficient (Wildman–Crippen LogP) is 2.68. The van der Waals surface area contributed by atoms with Crippen molar-refractivity contribution in [3.05, 3.63) is 42.1 Å². The minimum absolute atomic E-state index is 0.0630. The van der Waals surface area contributed by atoms with E-state index < -0.39 is 24.0 Å². The monoisotopic (exact) mass is 374 g/mol. The highest BCUT2D eigenvalue weighted by atomic mass is 16.6. The van der Waals surface area contributed by atoms with E-state index in [0.717, 1.165) is 24.8 Å². The number of ether oxygens (including phenoxy) is 3. The van der Waals surface area contributed by atoms with Crippen molar-refractivity contribution in [3.8, 4) is 5.75 Å². The van der Waals surface area contributed by atoms with Gasteiger partial charge >= 0.3 is 12.0 Å². The summed E-state index contributed by atoms with van der Waals surface area (Å²) in [7, 11) is 0. The van der Waals surface area contributed by atoms with Gasteiger partial charge < -0.3 is 24.8 Å². The van der Waals surface area contributed by atoms with E-state index in [9.17, 15) is 9.59 Å². The fourth-order valence-electron chi connectivity index (χ4n) is 3.34. The van der Waals surface area contributed by atoms with Crippen LogP contribution in [0.1, 0.15) is 37.8 Å². The van der Waals surface area contributed by atoms with Gasteiger partial charge in [0.2, 0.25) is 0 Å². The van der Waals surface area contributed by atoms with E-state index in [1.807, 2.05) is 31.2 Å². The number of amides is 2. The molecule has 0 spiro atoms. The average molecular weight is 374 g/mol. The van der Waals surface area contributed by atoms with E-state index in [0.29, 0.717) is 24.7 Å². The van der Waals surface area contributed by atoms with Gasteiger partial charge in [0, 0.05) is 17.9 Å². The summed E-state index contributed by atoms with van der Waals surface area (Å²) >= 11 is 0. The van der Waals surface area contributed by atoms with Crippen LogP contribution in [0.3, 0.4) is 0 Å². The summed E-state index contributed by atoms with van der Waals surface area (Å²) < 4.78 is 16.8. The summed E-state index contributed by atoms with van der Waals surface area (Å²) in [5.74, 6) is -0.565. The summed E-state index contributed by atoms with van der Waals surface area (Å²) in [5.41, 5.74) is 1.03. The molecule has 0 aromatic heterocycles. The van der Waals surface area contributed by atoms with Gasteiger partial charge in [0.05, 0.1) is 18.8 Å². The van der Waals surface area contributed by atoms with Crippen molar-refractivity contribution >= 4 is 12.0 Å². The normalized spacial score (nSPS) is 24.9. The lowest BCUT2D eigenvalue weighted by Crippen LogP contribution is -2.51. The highest BCUT2D eigenvalue weighted by Crippen LogP contribution is 2.35. The van der Waals surface area contributed by atoms with Gasteiger partial charge in [-0.1, -0.05) is 31.7 Å². The molecule has 1 aromatic rings. The van der Waals surface area contributed by atoms with Crippen LogP contribution in [0.15, 0.2) is 36.5 Å². The number of nitrogens with one attached hydrogen (secondary N) is 2. The van der Waals surface area contributed by atoms with Gasteiger partial charge in [0.15, 0.2) is 0 Å². The van der Waals surface area contributed by atoms with Crippen molar-refractivity contribution in [2.24, 2.45) is 5.92 Å². The Hall–Kier alpha value is -2.54. The molecule has 0 unspecified atom stereocenters. The lowest BCUT2D eigenvalue weighted by molar-refractivity contribution is -0.151. The van der Waals surface area contributed by atoms with Crippen molar-refractivity contribution in [1.82, 2.24) is 10.6 Å². The predicted molar refractivity (Wildman–Crippen MR) is 99.2 cm³/mol. The van der Waals surface area contributed by atoms with Gasteiger partial charge in [-0.05, 0) is 25.3 Å². The van der Waals surface area contributed by atoms with Crippen LogP contribution in [-0.4, -0.2) is 37.9 Å². The molecule has 0 aliphatic carbocycles. The lowest BCUT2D eigenvalue weighted by Gasteiger charge is -2.34. The Morgan fingerprint density at radius 1 is 1.37 bits per heavy atom. The van der Waals surface area contributed by atoms with Crippen LogP contribution in [0, 0.1) is 5.92 Å². The molecule has 27 heavy (non-hydrogen) atoms. The number of para-hydroxylation sites is 1. The molecule has 0 bridgehead atoms. The first-order chi connectivity index (χ1) is 13.1. The van der Waals surface area contributed by atoms with Crippen LogP contribution < -0.4 is 15.4 Å². The first kappa shape index (κ1) is 19.2. The third kappa shape index (κ3) is 4.60. The fraction of sp³-hybridized carbons (Fsp3) is 0.500. The summed E-state index contributed by atoms with van der Waals surface area (Å²) in [5, 5.41) is 5.40. The van der Waals surface area contributed by atoms with Crippen LogP contribution >= 0.6 is 0 Å². The van der Waals surface area contributed by atoms with Gasteiger partial charge in [-0.15, -0.1) is 0 Å². The maximum Gasteiger partial charge on any atom is 0.319 e. The summed E-state index contributed by atoms with van der Waals surface area (Å²) in [6, 6.07) is 6.36. The Kier molecular flexibility index (Phi) is 6.34. The Balaban J connectivity index is 1.80. The summed E-state index contributed by atoms with van der Waals surface area (Å²) in [4.78, 5) is 24.8. The Bertz CT molecular complexity index is 699.